The maximum absolute atomic E-state index is 8.52. The number of nitrogens with zero attached hydrogens (tertiary/aromatic N) is 3. The molecule has 0 radical (unpaired) electrons. The van der Waals surface area contributed by atoms with E-state index in [2.05, 4.69) is 21.4 Å². The second-order valence-electron chi connectivity index (χ2n) is 2.91. The highest BCUT2D eigenvalue weighted by Gasteiger charge is 1.98. The molecule has 4 nitrogen and oxygen atoms in total. The molecule has 0 aliphatic heterocycles. The minimum Gasteiger partial charge on any atom is -0.311 e. The normalized spacial score (nSPS) is 12.0. The van der Waals surface area contributed by atoms with Crippen LogP contribution < -0.4 is 5.32 Å². The Labute approximate surface area is 77.6 Å². The van der Waals surface area contributed by atoms with Crippen molar-refractivity contribution in [3.05, 3.63) is 24.3 Å². The Morgan fingerprint density at radius 3 is 2.85 bits per heavy atom. The van der Waals surface area contributed by atoms with E-state index in [0.717, 1.165) is 5.56 Å². The van der Waals surface area contributed by atoms with Gasteiger partial charge in [-0.3, -0.25) is 0 Å². The van der Waals surface area contributed by atoms with Crippen LogP contribution in [0.3, 0.4) is 0 Å². The summed E-state index contributed by atoms with van der Waals surface area (Å²) in [7, 11) is 0. The minimum absolute atomic E-state index is 0.0460. The lowest BCUT2D eigenvalue weighted by Gasteiger charge is -2.04. The number of hydrogen-bond acceptors (Lipinski definition) is 4. The summed E-state index contributed by atoms with van der Waals surface area (Å²) < 4.78 is 0. The van der Waals surface area contributed by atoms with Gasteiger partial charge in [-0.2, -0.15) is 5.26 Å². The van der Waals surface area contributed by atoms with Gasteiger partial charge < -0.3 is 5.32 Å². The lowest BCUT2D eigenvalue weighted by atomic mass is 10.2. The minimum atomic E-state index is 0.0460. The van der Waals surface area contributed by atoms with Crippen molar-refractivity contribution < 1.29 is 0 Å². The fraction of sp³-hybridized carbons (Fsp3) is 0.444. The first kappa shape index (κ1) is 9.62. The van der Waals surface area contributed by atoms with E-state index < -0.39 is 0 Å². The molecule has 1 rings (SSSR count). The highest BCUT2D eigenvalue weighted by molar-refractivity contribution is 5.01. The summed E-state index contributed by atoms with van der Waals surface area (Å²) >= 11 is 0. The predicted molar refractivity (Wildman–Crippen MR) is 48.5 cm³/mol. The van der Waals surface area contributed by atoms with Gasteiger partial charge in [0.2, 0.25) is 0 Å². The zero-order valence-corrected chi connectivity index (χ0v) is 7.57. The Hall–Kier alpha value is -1.47. The van der Waals surface area contributed by atoms with Gasteiger partial charge in [0, 0.05) is 31.0 Å². The van der Waals surface area contributed by atoms with Crippen LogP contribution in [-0.2, 0) is 6.54 Å². The Morgan fingerprint density at radius 1 is 1.54 bits per heavy atom. The molecule has 1 aromatic heterocycles. The van der Waals surface area contributed by atoms with Crippen molar-refractivity contribution in [2.45, 2.75) is 13.5 Å². The molecule has 0 saturated carbocycles. The van der Waals surface area contributed by atoms with E-state index in [1.165, 1.54) is 6.33 Å². The Kier molecular flexibility index (Phi) is 3.86. The number of aromatic nitrogens is 2. The molecule has 68 valence electrons. The highest BCUT2D eigenvalue weighted by Crippen LogP contribution is 1.93. The molecule has 0 amide bonds. The summed E-state index contributed by atoms with van der Waals surface area (Å²) in [5.41, 5.74) is 1.03. The van der Waals surface area contributed by atoms with Crippen LogP contribution in [0.2, 0.25) is 0 Å². The first-order chi connectivity index (χ1) is 6.33. The van der Waals surface area contributed by atoms with Gasteiger partial charge in [-0.25, -0.2) is 9.97 Å². The standard InChI is InChI=1S/C9H12N4/c1-8(2-10)3-11-4-9-5-12-7-13-6-9/h5-8,11H,3-4H2,1H3. The quantitative estimate of drug-likeness (QED) is 0.734. The fourth-order valence-corrected chi connectivity index (χ4v) is 0.900. The number of nitriles is 1. The van der Waals surface area contributed by atoms with Gasteiger partial charge in [-0.15, -0.1) is 0 Å². The van der Waals surface area contributed by atoms with E-state index in [4.69, 9.17) is 5.26 Å². The van der Waals surface area contributed by atoms with Crippen LogP contribution in [0.5, 0.6) is 0 Å². The predicted octanol–water partition coefficient (Wildman–Crippen LogP) is 0.726. The lowest BCUT2D eigenvalue weighted by Crippen LogP contribution is -2.19. The molecular formula is C9H12N4. The molecule has 0 fully saturated rings. The largest absolute Gasteiger partial charge is 0.311 e. The zero-order chi connectivity index (χ0) is 9.52. The van der Waals surface area contributed by atoms with Gasteiger partial charge >= 0.3 is 0 Å². The van der Waals surface area contributed by atoms with Crippen molar-refractivity contribution >= 4 is 0 Å². The first-order valence-electron chi connectivity index (χ1n) is 4.17. The van der Waals surface area contributed by atoms with Crippen LogP contribution in [0.25, 0.3) is 0 Å². The monoisotopic (exact) mass is 176 g/mol. The molecule has 1 unspecified atom stereocenters. The smallest absolute Gasteiger partial charge is 0.115 e. The Bertz CT molecular complexity index is 277. The molecule has 0 aliphatic rings. The summed E-state index contributed by atoms with van der Waals surface area (Å²) in [5.74, 6) is 0.0460. The van der Waals surface area contributed by atoms with E-state index >= 15 is 0 Å². The third kappa shape index (κ3) is 3.63. The molecule has 0 saturated heterocycles. The van der Waals surface area contributed by atoms with E-state index in [1.54, 1.807) is 12.4 Å². The molecule has 1 atom stereocenters. The van der Waals surface area contributed by atoms with Crippen molar-refractivity contribution in [3.63, 3.8) is 0 Å². The molecule has 4 heteroatoms. The molecule has 0 aliphatic carbocycles. The average Bonchev–Trinajstić information content (AvgIpc) is 2.19. The second kappa shape index (κ2) is 5.22. The van der Waals surface area contributed by atoms with E-state index in [0.29, 0.717) is 13.1 Å². The van der Waals surface area contributed by atoms with Gasteiger partial charge in [0.25, 0.3) is 0 Å². The van der Waals surface area contributed by atoms with Crippen LogP contribution in [-0.4, -0.2) is 16.5 Å². The third-order valence-corrected chi connectivity index (χ3v) is 1.61. The number of hydrogen-bond donors (Lipinski definition) is 1. The maximum atomic E-state index is 8.52. The van der Waals surface area contributed by atoms with Gasteiger partial charge in [0.1, 0.15) is 6.33 Å². The second-order valence-corrected chi connectivity index (χ2v) is 2.91. The Morgan fingerprint density at radius 2 is 2.23 bits per heavy atom. The van der Waals surface area contributed by atoms with Crippen molar-refractivity contribution in [1.29, 1.82) is 5.26 Å². The van der Waals surface area contributed by atoms with Gasteiger partial charge in [0.15, 0.2) is 0 Å². The molecular weight excluding hydrogens is 164 g/mol. The maximum Gasteiger partial charge on any atom is 0.115 e. The average molecular weight is 176 g/mol. The first-order valence-corrected chi connectivity index (χ1v) is 4.17. The van der Waals surface area contributed by atoms with Crippen LogP contribution in [0.4, 0.5) is 0 Å². The summed E-state index contributed by atoms with van der Waals surface area (Å²) in [5, 5.41) is 11.7. The van der Waals surface area contributed by atoms with Crippen molar-refractivity contribution in [2.24, 2.45) is 5.92 Å². The summed E-state index contributed by atoms with van der Waals surface area (Å²) in [6, 6.07) is 2.16. The van der Waals surface area contributed by atoms with Crippen molar-refractivity contribution in [3.8, 4) is 6.07 Å². The van der Waals surface area contributed by atoms with Gasteiger partial charge in [-0.05, 0) is 6.92 Å². The van der Waals surface area contributed by atoms with Crippen LogP contribution in [0.1, 0.15) is 12.5 Å². The van der Waals surface area contributed by atoms with Crippen LogP contribution >= 0.6 is 0 Å². The van der Waals surface area contributed by atoms with E-state index in [-0.39, 0.29) is 5.92 Å². The fourth-order valence-electron chi connectivity index (χ4n) is 0.900. The van der Waals surface area contributed by atoms with Crippen LogP contribution in [0.15, 0.2) is 18.7 Å². The summed E-state index contributed by atoms with van der Waals surface area (Å²) in [6.07, 6.45) is 5.02. The number of nitrogens with one attached hydrogen (secondary N) is 1. The topological polar surface area (TPSA) is 61.6 Å². The van der Waals surface area contributed by atoms with Crippen LogP contribution in [0, 0.1) is 17.2 Å². The Balaban J connectivity index is 2.25. The molecule has 0 aromatic carbocycles. The van der Waals surface area contributed by atoms with E-state index in [9.17, 15) is 0 Å². The lowest BCUT2D eigenvalue weighted by molar-refractivity contribution is 0.600. The molecule has 0 bridgehead atoms. The third-order valence-electron chi connectivity index (χ3n) is 1.61. The van der Waals surface area contributed by atoms with Gasteiger partial charge in [0.05, 0.1) is 12.0 Å². The van der Waals surface area contributed by atoms with Crippen molar-refractivity contribution in [2.75, 3.05) is 6.54 Å². The summed E-state index contributed by atoms with van der Waals surface area (Å²) in [4.78, 5) is 7.77. The molecule has 1 aromatic rings. The van der Waals surface area contributed by atoms with Gasteiger partial charge in [-0.1, -0.05) is 0 Å². The highest BCUT2D eigenvalue weighted by atomic mass is 14.9. The van der Waals surface area contributed by atoms with E-state index in [1.807, 2.05) is 6.92 Å². The van der Waals surface area contributed by atoms with Crippen molar-refractivity contribution in [1.82, 2.24) is 15.3 Å². The zero-order valence-electron chi connectivity index (χ0n) is 7.57. The molecule has 0 spiro atoms. The summed E-state index contributed by atoms with van der Waals surface area (Å²) in [6.45, 7) is 3.30. The SMILES string of the molecule is CC(C#N)CNCc1cncnc1. The molecule has 13 heavy (non-hydrogen) atoms. The molecule has 1 N–H and O–H groups in total. The molecule has 1 heterocycles. The number of rotatable bonds is 4.